The SMILES string of the molecule is COCc1nc(-c2ncc[nH]2)ccc1C(=O)O. The van der Waals surface area contributed by atoms with Gasteiger partial charge in [-0.05, 0) is 12.1 Å². The molecule has 0 unspecified atom stereocenters. The van der Waals surface area contributed by atoms with Gasteiger partial charge in [0.25, 0.3) is 0 Å². The molecule has 0 spiro atoms. The lowest BCUT2D eigenvalue weighted by atomic mass is 10.1. The molecule has 0 radical (unpaired) electrons. The van der Waals surface area contributed by atoms with Crippen molar-refractivity contribution in [3.8, 4) is 11.5 Å². The quantitative estimate of drug-likeness (QED) is 0.831. The van der Waals surface area contributed by atoms with E-state index in [4.69, 9.17) is 9.84 Å². The van der Waals surface area contributed by atoms with Gasteiger partial charge in [-0.15, -0.1) is 0 Å². The van der Waals surface area contributed by atoms with Crippen molar-refractivity contribution in [2.75, 3.05) is 7.11 Å². The summed E-state index contributed by atoms with van der Waals surface area (Å²) >= 11 is 0. The van der Waals surface area contributed by atoms with Gasteiger partial charge in [0.15, 0.2) is 5.82 Å². The lowest BCUT2D eigenvalue weighted by Gasteiger charge is -2.05. The van der Waals surface area contributed by atoms with E-state index < -0.39 is 5.97 Å². The number of H-pyrrole nitrogens is 1. The summed E-state index contributed by atoms with van der Waals surface area (Å²) in [6, 6.07) is 3.11. The number of nitrogens with zero attached hydrogens (tertiary/aromatic N) is 2. The number of imidazole rings is 1. The van der Waals surface area contributed by atoms with Gasteiger partial charge in [-0.1, -0.05) is 0 Å². The molecule has 0 atom stereocenters. The highest BCUT2D eigenvalue weighted by atomic mass is 16.5. The van der Waals surface area contributed by atoms with Crippen molar-refractivity contribution in [2.24, 2.45) is 0 Å². The number of hydrogen-bond acceptors (Lipinski definition) is 4. The molecule has 6 heteroatoms. The zero-order valence-corrected chi connectivity index (χ0v) is 9.17. The van der Waals surface area contributed by atoms with Crippen LogP contribution in [0.1, 0.15) is 16.1 Å². The van der Waals surface area contributed by atoms with Gasteiger partial charge in [0.2, 0.25) is 0 Å². The summed E-state index contributed by atoms with van der Waals surface area (Å²) in [4.78, 5) is 22.2. The van der Waals surface area contributed by atoms with Gasteiger partial charge in [-0.2, -0.15) is 0 Å². The second-order valence-electron chi connectivity index (χ2n) is 3.37. The summed E-state index contributed by atoms with van der Waals surface area (Å²) < 4.78 is 4.93. The maximum Gasteiger partial charge on any atom is 0.337 e. The number of aromatic nitrogens is 3. The molecule has 0 bridgehead atoms. The Bertz CT molecular complexity index is 523. The van der Waals surface area contributed by atoms with Crippen LogP contribution in [-0.4, -0.2) is 33.1 Å². The molecule has 2 heterocycles. The molecule has 6 nitrogen and oxygen atoms in total. The Hall–Kier alpha value is -2.21. The first-order valence-electron chi connectivity index (χ1n) is 4.94. The van der Waals surface area contributed by atoms with Crippen LogP contribution < -0.4 is 0 Å². The van der Waals surface area contributed by atoms with Gasteiger partial charge >= 0.3 is 5.97 Å². The van der Waals surface area contributed by atoms with E-state index in [0.29, 0.717) is 17.2 Å². The van der Waals surface area contributed by atoms with Gasteiger partial charge in [0.05, 0.1) is 17.9 Å². The van der Waals surface area contributed by atoms with Crippen LogP contribution in [0.15, 0.2) is 24.5 Å². The van der Waals surface area contributed by atoms with Crippen molar-refractivity contribution in [3.63, 3.8) is 0 Å². The molecular weight excluding hydrogens is 222 g/mol. The topological polar surface area (TPSA) is 88.1 Å². The average Bonchev–Trinajstić information content (AvgIpc) is 2.82. The first-order valence-corrected chi connectivity index (χ1v) is 4.94. The van der Waals surface area contributed by atoms with Crippen molar-refractivity contribution in [1.29, 1.82) is 0 Å². The fourth-order valence-corrected chi connectivity index (χ4v) is 1.48. The van der Waals surface area contributed by atoms with Crippen molar-refractivity contribution < 1.29 is 14.6 Å². The number of ether oxygens (including phenoxy) is 1. The van der Waals surface area contributed by atoms with Crippen LogP contribution in [0.25, 0.3) is 11.5 Å². The van der Waals surface area contributed by atoms with Gasteiger partial charge in [0.1, 0.15) is 5.69 Å². The van der Waals surface area contributed by atoms with Crippen LogP contribution in [0.5, 0.6) is 0 Å². The second kappa shape index (κ2) is 4.75. The predicted octanol–water partition coefficient (Wildman–Crippen LogP) is 1.32. The fraction of sp³-hybridized carbons (Fsp3) is 0.182. The molecular formula is C11H11N3O3. The molecule has 2 N–H and O–H groups in total. The Morgan fingerprint density at radius 2 is 2.35 bits per heavy atom. The molecule has 17 heavy (non-hydrogen) atoms. The number of aromatic amines is 1. The van der Waals surface area contributed by atoms with Gasteiger partial charge in [-0.25, -0.2) is 14.8 Å². The molecule has 2 aromatic rings. The zero-order valence-electron chi connectivity index (χ0n) is 9.17. The summed E-state index contributed by atoms with van der Waals surface area (Å²) in [6.07, 6.45) is 3.29. The minimum Gasteiger partial charge on any atom is -0.478 e. The number of nitrogens with one attached hydrogen (secondary N) is 1. The lowest BCUT2D eigenvalue weighted by Crippen LogP contribution is -2.06. The first kappa shape index (κ1) is 11.3. The number of carboxylic acids is 1. The van der Waals surface area contributed by atoms with Gasteiger partial charge in [-0.3, -0.25) is 0 Å². The van der Waals surface area contributed by atoms with Crippen LogP contribution in [0, 0.1) is 0 Å². The van der Waals surface area contributed by atoms with Gasteiger partial charge in [0, 0.05) is 19.5 Å². The van der Waals surface area contributed by atoms with Crippen molar-refractivity contribution >= 4 is 5.97 Å². The molecule has 0 aliphatic heterocycles. The largest absolute Gasteiger partial charge is 0.478 e. The molecule has 0 saturated heterocycles. The molecule has 0 fully saturated rings. The minimum atomic E-state index is -1.02. The Kier molecular flexibility index (Phi) is 3.15. The van der Waals surface area contributed by atoms with Crippen molar-refractivity contribution in [2.45, 2.75) is 6.61 Å². The Balaban J connectivity index is 2.45. The lowest BCUT2D eigenvalue weighted by molar-refractivity contribution is 0.0691. The third-order valence-electron chi connectivity index (χ3n) is 2.23. The maximum atomic E-state index is 11.0. The highest BCUT2D eigenvalue weighted by Crippen LogP contribution is 2.16. The first-order chi connectivity index (χ1) is 8.22. The van der Waals surface area contributed by atoms with Gasteiger partial charge < -0.3 is 14.8 Å². The highest BCUT2D eigenvalue weighted by molar-refractivity contribution is 5.89. The molecule has 88 valence electrons. The highest BCUT2D eigenvalue weighted by Gasteiger charge is 2.13. The maximum absolute atomic E-state index is 11.0. The normalized spacial score (nSPS) is 10.4. The number of aromatic carboxylic acids is 1. The van der Waals surface area contributed by atoms with Crippen LogP contribution in [0.3, 0.4) is 0 Å². The van der Waals surface area contributed by atoms with E-state index in [1.54, 1.807) is 18.5 Å². The number of pyridine rings is 1. The minimum absolute atomic E-state index is 0.141. The Morgan fingerprint density at radius 3 is 2.94 bits per heavy atom. The summed E-state index contributed by atoms with van der Waals surface area (Å²) in [5.41, 5.74) is 1.11. The molecule has 0 saturated carbocycles. The number of carboxylic acid groups (broad SMARTS) is 1. The molecule has 2 aromatic heterocycles. The Morgan fingerprint density at radius 1 is 1.53 bits per heavy atom. The van der Waals surface area contributed by atoms with Crippen LogP contribution in [0.2, 0.25) is 0 Å². The van der Waals surface area contributed by atoms with E-state index in [9.17, 15) is 4.79 Å². The van der Waals surface area contributed by atoms with Crippen molar-refractivity contribution in [3.05, 3.63) is 35.8 Å². The van der Waals surface area contributed by atoms with E-state index in [1.807, 2.05) is 0 Å². The molecule has 0 aliphatic carbocycles. The van der Waals surface area contributed by atoms with Crippen molar-refractivity contribution in [1.82, 2.24) is 15.0 Å². The van der Waals surface area contributed by atoms with Crippen LogP contribution in [-0.2, 0) is 11.3 Å². The van der Waals surface area contributed by atoms with E-state index in [1.165, 1.54) is 13.2 Å². The summed E-state index contributed by atoms with van der Waals surface area (Å²) in [6.45, 7) is 0.149. The number of hydrogen-bond donors (Lipinski definition) is 2. The zero-order chi connectivity index (χ0) is 12.3. The predicted molar refractivity (Wildman–Crippen MR) is 59.5 cm³/mol. The second-order valence-corrected chi connectivity index (χ2v) is 3.37. The van der Waals surface area contributed by atoms with E-state index in [-0.39, 0.29) is 12.2 Å². The summed E-state index contributed by atoms with van der Waals surface area (Å²) in [5.74, 6) is -0.421. The average molecular weight is 233 g/mol. The molecule has 0 amide bonds. The summed E-state index contributed by atoms with van der Waals surface area (Å²) in [7, 11) is 1.49. The number of rotatable bonds is 4. The van der Waals surface area contributed by atoms with E-state index >= 15 is 0 Å². The smallest absolute Gasteiger partial charge is 0.337 e. The summed E-state index contributed by atoms with van der Waals surface area (Å²) in [5, 5.41) is 8.99. The van der Waals surface area contributed by atoms with Crippen LogP contribution in [0.4, 0.5) is 0 Å². The third kappa shape index (κ3) is 2.31. The third-order valence-corrected chi connectivity index (χ3v) is 2.23. The Labute approximate surface area is 97.3 Å². The number of carbonyl (C=O) groups is 1. The molecule has 0 aromatic carbocycles. The number of methoxy groups -OCH3 is 1. The fourth-order valence-electron chi connectivity index (χ4n) is 1.48. The molecule has 0 aliphatic rings. The van der Waals surface area contributed by atoms with E-state index in [0.717, 1.165) is 0 Å². The van der Waals surface area contributed by atoms with Crippen LogP contribution >= 0.6 is 0 Å². The standard InChI is InChI=1S/C11H11N3O3/c1-17-6-9-7(11(15)16)2-3-8(14-9)10-12-4-5-13-10/h2-5H,6H2,1H3,(H,12,13)(H,15,16). The van der Waals surface area contributed by atoms with E-state index in [2.05, 4.69) is 15.0 Å². The monoisotopic (exact) mass is 233 g/mol. The molecule has 2 rings (SSSR count).